The van der Waals surface area contributed by atoms with E-state index in [0.717, 1.165) is 35.0 Å². The molecule has 1 atom stereocenters. The summed E-state index contributed by atoms with van der Waals surface area (Å²) >= 11 is 1.30. The Kier molecular flexibility index (Phi) is 5.83. The van der Waals surface area contributed by atoms with Gasteiger partial charge in [0.2, 0.25) is 0 Å². The Balaban J connectivity index is 1.22. The van der Waals surface area contributed by atoms with E-state index in [2.05, 4.69) is 27.8 Å². The lowest BCUT2D eigenvalue weighted by Crippen LogP contribution is -2.44. The number of pyridine rings is 1. The van der Waals surface area contributed by atoms with Crippen LogP contribution in [0.3, 0.4) is 0 Å². The Morgan fingerprint density at radius 2 is 2.00 bits per heavy atom. The van der Waals surface area contributed by atoms with E-state index in [1.807, 2.05) is 25.1 Å². The predicted octanol–water partition coefficient (Wildman–Crippen LogP) is 3.48. The minimum atomic E-state index is -1.23. The van der Waals surface area contributed by atoms with E-state index in [1.54, 1.807) is 23.3 Å². The number of hydrogen-bond donors (Lipinski definition) is 2. The van der Waals surface area contributed by atoms with Gasteiger partial charge in [-0.25, -0.2) is 4.79 Å². The maximum absolute atomic E-state index is 13.3. The zero-order chi connectivity index (χ0) is 23.9. The third-order valence-corrected chi connectivity index (χ3v) is 7.66. The summed E-state index contributed by atoms with van der Waals surface area (Å²) in [7, 11) is 0. The highest BCUT2D eigenvalue weighted by atomic mass is 32.1. The van der Waals surface area contributed by atoms with Crippen LogP contribution in [0.1, 0.15) is 46.3 Å². The number of hydrogen-bond acceptors (Lipinski definition) is 6. The Hall–Kier alpha value is -3.30. The molecule has 4 amide bonds. The number of piperidine rings is 1. The molecular weight excluding hydrogens is 452 g/mol. The molecule has 8 nitrogen and oxygen atoms in total. The van der Waals surface area contributed by atoms with Crippen molar-refractivity contribution in [2.75, 3.05) is 13.1 Å². The van der Waals surface area contributed by atoms with Crippen molar-refractivity contribution in [2.24, 2.45) is 0 Å². The molecule has 1 aromatic carbocycles. The molecule has 0 aliphatic carbocycles. The molecule has 0 saturated carbocycles. The zero-order valence-corrected chi connectivity index (χ0v) is 19.9. The van der Waals surface area contributed by atoms with E-state index in [9.17, 15) is 14.4 Å². The van der Waals surface area contributed by atoms with E-state index in [4.69, 9.17) is 4.74 Å². The van der Waals surface area contributed by atoms with Crippen molar-refractivity contribution in [3.8, 4) is 0 Å². The number of imide groups is 1. The SMILES string of the molecule is Cc1cc(COC2CCN(C(=O)c3ccsc3C3(C)NC(=O)NC3=O)CC2)c2ccccc2n1. The number of ether oxygens (including phenoxy) is 1. The highest BCUT2D eigenvalue weighted by Crippen LogP contribution is 2.33. The monoisotopic (exact) mass is 478 g/mol. The Bertz CT molecular complexity index is 1280. The highest BCUT2D eigenvalue weighted by molar-refractivity contribution is 7.10. The van der Waals surface area contributed by atoms with Crippen molar-refractivity contribution >= 4 is 40.1 Å². The molecule has 4 heterocycles. The largest absolute Gasteiger partial charge is 0.373 e. The number of nitrogens with zero attached hydrogens (tertiary/aromatic N) is 2. The van der Waals surface area contributed by atoms with Gasteiger partial charge in [-0.1, -0.05) is 18.2 Å². The van der Waals surface area contributed by atoms with Crippen LogP contribution in [-0.2, 0) is 21.7 Å². The Labute approximate surface area is 201 Å². The summed E-state index contributed by atoms with van der Waals surface area (Å²) in [6.45, 7) is 5.26. The highest BCUT2D eigenvalue weighted by Gasteiger charge is 2.46. The summed E-state index contributed by atoms with van der Waals surface area (Å²) in [4.78, 5) is 44.3. The number of carbonyl (C=O) groups is 3. The molecule has 0 bridgehead atoms. The average molecular weight is 479 g/mol. The first-order chi connectivity index (χ1) is 16.3. The van der Waals surface area contributed by atoms with Crippen LogP contribution in [0.25, 0.3) is 10.9 Å². The van der Waals surface area contributed by atoms with Crippen LogP contribution in [0.5, 0.6) is 0 Å². The third kappa shape index (κ3) is 4.05. The fraction of sp³-hybridized carbons (Fsp3) is 0.360. The first-order valence-corrected chi connectivity index (χ1v) is 12.2. The number of para-hydroxylation sites is 1. The normalized spacial score (nSPS) is 21.1. The maximum Gasteiger partial charge on any atom is 0.322 e. The number of aromatic nitrogens is 1. The fourth-order valence-electron chi connectivity index (χ4n) is 4.69. The van der Waals surface area contributed by atoms with Gasteiger partial charge in [-0.05, 0) is 55.8 Å². The van der Waals surface area contributed by atoms with Gasteiger partial charge in [0.05, 0.1) is 28.7 Å². The lowest BCUT2D eigenvalue weighted by atomic mass is 9.96. The molecule has 34 heavy (non-hydrogen) atoms. The van der Waals surface area contributed by atoms with Crippen molar-refractivity contribution in [1.29, 1.82) is 0 Å². The van der Waals surface area contributed by atoms with Crippen LogP contribution < -0.4 is 10.6 Å². The van der Waals surface area contributed by atoms with E-state index in [0.29, 0.717) is 30.1 Å². The standard InChI is InChI=1S/C25H26N4O4S/c1-15-13-16(18-5-3-4-6-20(18)26-15)14-33-17-7-10-29(11-8-17)22(30)19-9-12-34-21(19)25(2)23(31)27-24(32)28-25/h3-6,9,12-13,17H,7-8,10-11,14H2,1-2H3,(H2,27,28,31,32). The van der Waals surface area contributed by atoms with Gasteiger partial charge in [0.25, 0.3) is 11.8 Å². The van der Waals surface area contributed by atoms with Gasteiger partial charge in [0.1, 0.15) is 0 Å². The molecule has 0 radical (unpaired) electrons. The zero-order valence-electron chi connectivity index (χ0n) is 19.1. The van der Waals surface area contributed by atoms with Crippen LogP contribution >= 0.6 is 11.3 Å². The molecule has 3 aromatic rings. The first kappa shape index (κ1) is 22.5. The second-order valence-corrected chi connectivity index (χ2v) is 9.86. The molecule has 2 aromatic heterocycles. The third-order valence-electron chi connectivity index (χ3n) is 6.53. The number of fused-ring (bicyclic) bond motifs is 1. The fourth-order valence-corrected chi connectivity index (χ4v) is 5.69. The van der Waals surface area contributed by atoms with Crippen molar-refractivity contribution in [3.05, 3.63) is 63.5 Å². The molecule has 2 N–H and O–H groups in total. The van der Waals surface area contributed by atoms with Crippen molar-refractivity contribution in [1.82, 2.24) is 20.5 Å². The lowest BCUT2D eigenvalue weighted by molar-refractivity contribution is -0.123. The van der Waals surface area contributed by atoms with E-state index in [-0.39, 0.29) is 12.0 Å². The number of nitrogens with one attached hydrogen (secondary N) is 2. The molecule has 5 rings (SSSR count). The van der Waals surface area contributed by atoms with E-state index >= 15 is 0 Å². The van der Waals surface area contributed by atoms with E-state index in [1.165, 1.54) is 11.3 Å². The smallest absolute Gasteiger partial charge is 0.322 e. The topological polar surface area (TPSA) is 101 Å². The number of urea groups is 1. The molecule has 9 heteroatoms. The molecule has 2 aliphatic heterocycles. The minimum Gasteiger partial charge on any atom is -0.373 e. The summed E-state index contributed by atoms with van der Waals surface area (Å²) in [5.41, 5.74) is 2.28. The van der Waals surface area contributed by atoms with Crippen LogP contribution in [-0.4, -0.2) is 46.9 Å². The van der Waals surface area contributed by atoms with E-state index < -0.39 is 17.5 Å². The number of benzene rings is 1. The van der Waals surface area contributed by atoms with Crippen LogP contribution in [0.15, 0.2) is 41.8 Å². The van der Waals surface area contributed by atoms with Crippen molar-refractivity contribution < 1.29 is 19.1 Å². The first-order valence-electron chi connectivity index (χ1n) is 11.3. The Morgan fingerprint density at radius 1 is 1.24 bits per heavy atom. The summed E-state index contributed by atoms with van der Waals surface area (Å²) in [6, 6.07) is 11.3. The molecule has 176 valence electrons. The molecule has 2 saturated heterocycles. The molecule has 1 unspecified atom stereocenters. The molecule has 2 aliphatic rings. The average Bonchev–Trinajstić information content (AvgIpc) is 3.42. The van der Waals surface area contributed by atoms with Crippen LogP contribution in [0.4, 0.5) is 4.79 Å². The summed E-state index contributed by atoms with van der Waals surface area (Å²) in [6.07, 6.45) is 1.54. The van der Waals surface area contributed by atoms with Crippen LogP contribution in [0.2, 0.25) is 0 Å². The number of thiophene rings is 1. The van der Waals surface area contributed by atoms with Crippen molar-refractivity contribution in [2.45, 2.75) is 44.9 Å². The van der Waals surface area contributed by atoms with Gasteiger partial charge in [-0.3, -0.25) is 19.9 Å². The number of likely N-dealkylation sites (tertiary alicyclic amines) is 1. The van der Waals surface area contributed by atoms with Gasteiger partial charge >= 0.3 is 6.03 Å². The van der Waals surface area contributed by atoms with Crippen molar-refractivity contribution in [3.63, 3.8) is 0 Å². The van der Waals surface area contributed by atoms with Gasteiger partial charge in [0, 0.05) is 24.2 Å². The quantitative estimate of drug-likeness (QED) is 0.547. The molecular formula is C25H26N4O4S. The number of rotatable bonds is 5. The van der Waals surface area contributed by atoms with Crippen LogP contribution in [0, 0.1) is 6.92 Å². The number of carbonyl (C=O) groups excluding carboxylic acids is 3. The lowest BCUT2D eigenvalue weighted by Gasteiger charge is -2.32. The molecule has 0 spiro atoms. The second kappa shape index (κ2) is 8.81. The van der Waals surface area contributed by atoms with Gasteiger partial charge < -0.3 is 15.0 Å². The summed E-state index contributed by atoms with van der Waals surface area (Å²) in [5.74, 6) is -0.569. The number of amides is 4. The van der Waals surface area contributed by atoms with Gasteiger partial charge in [-0.15, -0.1) is 11.3 Å². The summed E-state index contributed by atoms with van der Waals surface area (Å²) < 4.78 is 6.23. The minimum absolute atomic E-state index is 0.0654. The molecule has 2 fully saturated rings. The number of aryl methyl sites for hydroxylation is 1. The van der Waals surface area contributed by atoms with Gasteiger partial charge in [0.15, 0.2) is 5.54 Å². The Morgan fingerprint density at radius 3 is 2.74 bits per heavy atom. The maximum atomic E-state index is 13.3. The van der Waals surface area contributed by atoms with Gasteiger partial charge in [-0.2, -0.15) is 0 Å². The summed E-state index contributed by atoms with van der Waals surface area (Å²) in [5, 5.41) is 7.79. The second-order valence-electron chi connectivity index (χ2n) is 8.94. The predicted molar refractivity (Wildman–Crippen MR) is 129 cm³/mol.